The number of hydrogen-bond donors (Lipinski definition) is 0. The largest absolute Gasteiger partial charge is 0.416 e. The number of alkyl halides is 3. The highest BCUT2D eigenvalue weighted by molar-refractivity contribution is 7.25. The normalized spacial score (nSPS) is 12.4. The van der Waals surface area contributed by atoms with Crippen molar-refractivity contribution in [2.24, 2.45) is 0 Å². The van der Waals surface area contributed by atoms with Gasteiger partial charge < -0.3 is 0 Å². The number of hydrogen-bond acceptors (Lipinski definition) is 2. The summed E-state index contributed by atoms with van der Waals surface area (Å²) in [5, 5.41) is 1.74. The van der Waals surface area contributed by atoms with Crippen molar-refractivity contribution in [1.29, 1.82) is 0 Å². The first-order chi connectivity index (χ1) is 8.47. The third kappa shape index (κ3) is 1.74. The molecule has 1 aromatic carbocycles. The van der Waals surface area contributed by atoms with Crippen molar-refractivity contribution >= 4 is 43.1 Å². The van der Waals surface area contributed by atoms with E-state index in [-0.39, 0.29) is 0 Å². The summed E-state index contributed by atoms with van der Waals surface area (Å²) in [4.78, 5) is 3.95. The van der Waals surface area contributed by atoms with E-state index in [9.17, 15) is 13.2 Å². The lowest BCUT2D eigenvalue weighted by atomic mass is 10.1. The highest BCUT2D eigenvalue weighted by Crippen LogP contribution is 2.39. The van der Waals surface area contributed by atoms with Crippen molar-refractivity contribution in [3.05, 3.63) is 41.2 Å². The molecular formula is C12H5ClF3NS. The van der Waals surface area contributed by atoms with Crippen molar-refractivity contribution in [1.82, 2.24) is 4.98 Å². The van der Waals surface area contributed by atoms with E-state index in [0.717, 1.165) is 16.8 Å². The maximum Gasteiger partial charge on any atom is 0.416 e. The second kappa shape index (κ2) is 3.83. The van der Waals surface area contributed by atoms with Gasteiger partial charge in [0.2, 0.25) is 0 Å². The minimum atomic E-state index is -4.33. The second-order valence-electron chi connectivity index (χ2n) is 3.79. The topological polar surface area (TPSA) is 12.9 Å². The fourth-order valence-corrected chi connectivity index (χ4v) is 3.31. The van der Waals surface area contributed by atoms with Crippen LogP contribution in [0.15, 0.2) is 30.5 Å². The van der Waals surface area contributed by atoms with Crippen LogP contribution in [0.3, 0.4) is 0 Å². The zero-order chi connectivity index (χ0) is 12.9. The Morgan fingerprint density at radius 2 is 1.89 bits per heavy atom. The number of aromatic nitrogens is 1. The van der Waals surface area contributed by atoms with Crippen LogP contribution in [0.1, 0.15) is 5.56 Å². The molecule has 0 unspecified atom stereocenters. The molecular weight excluding hydrogens is 283 g/mol. The Morgan fingerprint density at radius 1 is 1.11 bits per heavy atom. The maximum absolute atomic E-state index is 12.6. The second-order valence-corrected chi connectivity index (χ2v) is 5.23. The van der Waals surface area contributed by atoms with Crippen molar-refractivity contribution in [3.63, 3.8) is 0 Å². The van der Waals surface area contributed by atoms with Gasteiger partial charge in [-0.1, -0.05) is 17.7 Å². The van der Waals surface area contributed by atoms with Crippen LogP contribution in [0.4, 0.5) is 13.2 Å². The average molecular weight is 288 g/mol. The van der Waals surface area contributed by atoms with Gasteiger partial charge >= 0.3 is 6.18 Å². The van der Waals surface area contributed by atoms with E-state index in [1.165, 1.54) is 17.4 Å². The van der Waals surface area contributed by atoms with Crippen molar-refractivity contribution in [2.45, 2.75) is 6.18 Å². The number of nitrogens with zero attached hydrogens (tertiary/aromatic N) is 1. The molecule has 92 valence electrons. The molecule has 0 bridgehead atoms. The molecule has 18 heavy (non-hydrogen) atoms. The minimum absolute atomic E-state index is 0.318. The predicted octanol–water partition coefficient (Wildman–Crippen LogP) is 5.12. The number of halogens is 4. The maximum atomic E-state index is 12.6. The van der Waals surface area contributed by atoms with Crippen LogP contribution in [-0.4, -0.2) is 4.98 Å². The number of pyridine rings is 1. The third-order valence-electron chi connectivity index (χ3n) is 2.66. The van der Waals surface area contributed by atoms with Gasteiger partial charge in [0.25, 0.3) is 0 Å². The van der Waals surface area contributed by atoms with Crippen LogP contribution < -0.4 is 0 Å². The van der Waals surface area contributed by atoms with Gasteiger partial charge in [0.1, 0.15) is 5.15 Å². The van der Waals surface area contributed by atoms with Gasteiger partial charge in [0.15, 0.2) is 0 Å². The van der Waals surface area contributed by atoms with Gasteiger partial charge in [-0.2, -0.15) is 13.2 Å². The van der Waals surface area contributed by atoms with Crippen molar-refractivity contribution < 1.29 is 13.2 Å². The lowest BCUT2D eigenvalue weighted by Gasteiger charge is -2.05. The molecule has 0 fully saturated rings. The Bertz CT molecular complexity index is 748. The van der Waals surface area contributed by atoms with Crippen LogP contribution in [0, 0.1) is 0 Å². The molecule has 2 aromatic heterocycles. The Kier molecular flexibility index (Phi) is 2.50. The van der Waals surface area contributed by atoms with Gasteiger partial charge in [0.05, 0.1) is 5.56 Å². The van der Waals surface area contributed by atoms with Crippen LogP contribution in [-0.2, 0) is 6.18 Å². The molecule has 0 radical (unpaired) electrons. The summed E-state index contributed by atoms with van der Waals surface area (Å²) < 4.78 is 39.3. The van der Waals surface area contributed by atoms with Gasteiger partial charge in [-0.25, -0.2) is 4.98 Å². The minimum Gasteiger partial charge on any atom is -0.244 e. The lowest BCUT2D eigenvalue weighted by molar-refractivity contribution is -0.137. The smallest absolute Gasteiger partial charge is 0.244 e. The Balaban J connectivity index is 2.38. The number of rotatable bonds is 0. The summed E-state index contributed by atoms with van der Waals surface area (Å²) in [5.74, 6) is 0. The summed E-state index contributed by atoms with van der Waals surface area (Å²) in [6.45, 7) is 0. The molecule has 0 atom stereocenters. The fraction of sp³-hybridized carbons (Fsp3) is 0.0833. The number of fused-ring (bicyclic) bond motifs is 3. The average Bonchev–Trinajstić information content (AvgIpc) is 2.66. The molecule has 0 aliphatic rings. The van der Waals surface area contributed by atoms with E-state index in [2.05, 4.69) is 4.98 Å². The molecule has 2 heterocycles. The standard InChI is InChI=1S/C12H5ClF3NS/c13-11-10-7-2-1-6(12(14,15)16)5-9(7)18-8(10)3-4-17-11/h1-5H. The summed E-state index contributed by atoms with van der Waals surface area (Å²) >= 11 is 7.26. The van der Waals surface area contributed by atoms with Crippen molar-refractivity contribution in [3.8, 4) is 0 Å². The molecule has 0 aliphatic heterocycles. The molecule has 1 nitrogen and oxygen atoms in total. The molecule has 3 aromatic rings. The first kappa shape index (κ1) is 11.7. The zero-order valence-corrected chi connectivity index (χ0v) is 10.3. The van der Waals surface area contributed by atoms with Gasteiger partial charge in [-0.05, 0) is 18.2 Å². The number of thiophene rings is 1. The summed E-state index contributed by atoms with van der Waals surface area (Å²) in [7, 11) is 0. The quantitative estimate of drug-likeness (QED) is 0.523. The molecule has 0 spiro atoms. The highest BCUT2D eigenvalue weighted by Gasteiger charge is 2.30. The summed E-state index contributed by atoms with van der Waals surface area (Å²) in [5.41, 5.74) is -0.648. The monoisotopic (exact) mass is 287 g/mol. The van der Waals surface area contributed by atoms with Gasteiger partial charge in [-0.15, -0.1) is 11.3 Å². The van der Waals surface area contributed by atoms with E-state index in [1.807, 2.05) is 0 Å². The third-order valence-corrected chi connectivity index (χ3v) is 4.07. The van der Waals surface area contributed by atoms with Crippen molar-refractivity contribution in [2.75, 3.05) is 0 Å². The van der Waals surface area contributed by atoms with Gasteiger partial charge in [-0.3, -0.25) is 0 Å². The van der Waals surface area contributed by atoms with E-state index >= 15 is 0 Å². The SMILES string of the molecule is FC(F)(F)c1ccc2c(c1)sc1ccnc(Cl)c12. The van der Waals surface area contributed by atoms with Crippen LogP contribution >= 0.6 is 22.9 Å². The summed E-state index contributed by atoms with van der Waals surface area (Å²) in [6, 6.07) is 5.41. The first-order valence-corrected chi connectivity index (χ1v) is 6.20. The van der Waals surface area contributed by atoms with Crippen LogP contribution in [0.2, 0.25) is 5.15 Å². The predicted molar refractivity (Wildman–Crippen MR) is 67.1 cm³/mol. The van der Waals surface area contributed by atoms with E-state index in [4.69, 9.17) is 11.6 Å². The van der Waals surface area contributed by atoms with E-state index in [0.29, 0.717) is 20.6 Å². The summed E-state index contributed by atoms with van der Waals surface area (Å²) in [6.07, 6.45) is -2.78. The fourth-order valence-electron chi connectivity index (χ4n) is 1.86. The molecule has 0 saturated heterocycles. The molecule has 0 amide bonds. The van der Waals surface area contributed by atoms with E-state index < -0.39 is 11.7 Å². The first-order valence-electron chi connectivity index (χ1n) is 5.01. The Labute approximate surface area is 109 Å². The molecule has 6 heteroatoms. The van der Waals surface area contributed by atoms with Crippen LogP contribution in [0.25, 0.3) is 20.2 Å². The highest BCUT2D eigenvalue weighted by atomic mass is 35.5. The molecule has 3 rings (SSSR count). The molecule has 0 N–H and O–H groups in total. The zero-order valence-electron chi connectivity index (χ0n) is 8.75. The van der Waals surface area contributed by atoms with E-state index in [1.54, 1.807) is 12.3 Å². The van der Waals surface area contributed by atoms with Gasteiger partial charge in [0, 0.05) is 26.4 Å². The number of benzene rings is 1. The molecule has 0 saturated carbocycles. The molecule has 0 aliphatic carbocycles. The Morgan fingerprint density at radius 3 is 2.61 bits per heavy atom. The Hall–Kier alpha value is -1.33. The van der Waals surface area contributed by atoms with Crippen LogP contribution in [0.5, 0.6) is 0 Å². The lowest BCUT2D eigenvalue weighted by Crippen LogP contribution is -2.03.